The van der Waals surface area contributed by atoms with Gasteiger partial charge in [-0.3, -0.25) is 9.13 Å². The summed E-state index contributed by atoms with van der Waals surface area (Å²) in [5, 5.41) is 3.54. The third kappa shape index (κ3) is 8.29. The molecule has 0 aromatic heterocycles. The predicted molar refractivity (Wildman–Crippen MR) is 72.7 cm³/mol. The van der Waals surface area contributed by atoms with Crippen molar-refractivity contribution in [3.8, 4) is 0 Å². The van der Waals surface area contributed by atoms with Crippen molar-refractivity contribution in [2.24, 2.45) is 0 Å². The number of carbonyl (C=O) groups is 2. The minimum atomic E-state index is -5.83. The second-order valence-corrected chi connectivity index (χ2v) is 7.91. The Morgan fingerprint density at radius 2 is 1.04 bits per heavy atom. The lowest BCUT2D eigenvalue weighted by Crippen LogP contribution is -2.38. The van der Waals surface area contributed by atoms with Gasteiger partial charge in [0.25, 0.3) is 0 Å². The maximum atomic E-state index is 12.8. The zero-order valence-corrected chi connectivity index (χ0v) is 14.3. The topological polar surface area (TPSA) is 192 Å². The summed E-state index contributed by atoms with van der Waals surface area (Å²) < 4.78 is 79.6. The molecule has 6 N–H and O–H groups in total. The number of ether oxygens (including phenoxy) is 2. The van der Waals surface area contributed by atoms with Crippen LogP contribution in [-0.4, -0.2) is 69.4 Å². The lowest BCUT2D eigenvalue weighted by Gasteiger charge is -2.18. The first-order chi connectivity index (χ1) is 11.5. The molecule has 0 unspecified atom stereocenters. The molecule has 0 aliphatic carbocycles. The van der Waals surface area contributed by atoms with E-state index in [9.17, 15) is 36.3 Å². The van der Waals surface area contributed by atoms with Gasteiger partial charge >= 0.3 is 38.7 Å². The summed E-state index contributed by atoms with van der Waals surface area (Å²) >= 11 is 0. The molecule has 0 atom stereocenters. The van der Waals surface area contributed by atoms with Gasteiger partial charge in [-0.15, -0.1) is 0 Å². The zero-order chi connectivity index (χ0) is 20.8. The summed E-state index contributed by atoms with van der Waals surface area (Å²) in [6.45, 7) is -4.83. The van der Waals surface area contributed by atoms with Crippen LogP contribution in [0.4, 0.5) is 27.2 Å². The Bertz CT molecular complexity index is 554. The van der Waals surface area contributed by atoms with Crippen molar-refractivity contribution in [2.75, 3.05) is 26.3 Å². The van der Waals surface area contributed by atoms with E-state index < -0.39 is 65.0 Å². The van der Waals surface area contributed by atoms with Crippen LogP contribution < -0.4 is 10.6 Å². The van der Waals surface area contributed by atoms with Crippen LogP contribution in [0.2, 0.25) is 0 Å². The number of nitrogens with one attached hydrogen (secondary N) is 2. The standard InChI is InChI=1S/C8H14F4N2O10P2/c9-7(10,25(17,18)19)3-23-5(15)13-1-2-14-6(16)24-4-8(11,12)26(20,21)22/h1-4H2,(H,13,15)(H,14,16)(H2,17,18,19)(H2,20,21,22). The fourth-order valence-corrected chi connectivity index (χ4v) is 1.37. The summed E-state index contributed by atoms with van der Waals surface area (Å²) in [6, 6.07) is 0. The average Bonchev–Trinajstić information content (AvgIpc) is 2.45. The highest BCUT2D eigenvalue weighted by Gasteiger charge is 2.50. The van der Waals surface area contributed by atoms with Gasteiger partial charge in [0.1, 0.15) is 0 Å². The number of alkyl halides is 4. The minimum Gasteiger partial charge on any atom is -0.442 e. The van der Waals surface area contributed by atoms with Gasteiger partial charge in [0.15, 0.2) is 13.2 Å². The Balaban J connectivity index is 4.06. The maximum Gasteiger partial charge on any atom is 0.407 e. The van der Waals surface area contributed by atoms with Crippen molar-refractivity contribution in [3.05, 3.63) is 0 Å². The van der Waals surface area contributed by atoms with Gasteiger partial charge in [-0.2, -0.15) is 17.6 Å². The van der Waals surface area contributed by atoms with Crippen LogP contribution in [0.5, 0.6) is 0 Å². The molecule has 0 radical (unpaired) electrons. The first-order valence-corrected chi connectivity index (χ1v) is 9.40. The molecule has 26 heavy (non-hydrogen) atoms. The summed E-state index contributed by atoms with van der Waals surface area (Å²) in [4.78, 5) is 55.1. The van der Waals surface area contributed by atoms with Crippen molar-refractivity contribution in [2.45, 2.75) is 11.3 Å². The minimum absolute atomic E-state index is 0.496. The van der Waals surface area contributed by atoms with Crippen molar-refractivity contribution in [1.82, 2.24) is 10.6 Å². The lowest BCUT2D eigenvalue weighted by molar-refractivity contribution is -0.00650. The largest absolute Gasteiger partial charge is 0.442 e. The van der Waals surface area contributed by atoms with E-state index in [1.807, 2.05) is 0 Å². The van der Waals surface area contributed by atoms with Crippen LogP contribution in [0.1, 0.15) is 0 Å². The fraction of sp³-hybridized carbons (Fsp3) is 0.750. The molecule has 0 saturated heterocycles. The molecule has 0 bridgehead atoms. The Kier molecular flexibility index (Phi) is 8.47. The van der Waals surface area contributed by atoms with Crippen LogP contribution in [-0.2, 0) is 18.6 Å². The molecule has 2 amide bonds. The average molecular weight is 436 g/mol. The molecular formula is C8H14F4N2O10P2. The van der Waals surface area contributed by atoms with Gasteiger partial charge in [0.2, 0.25) is 0 Å². The molecule has 18 heteroatoms. The quantitative estimate of drug-likeness (QED) is 0.163. The molecule has 0 aliphatic heterocycles. The van der Waals surface area contributed by atoms with Gasteiger partial charge in [-0.1, -0.05) is 0 Å². The highest BCUT2D eigenvalue weighted by molar-refractivity contribution is 7.53. The number of halogens is 4. The van der Waals surface area contributed by atoms with E-state index in [2.05, 4.69) is 9.47 Å². The Labute approximate surface area is 142 Å². The molecular weight excluding hydrogens is 422 g/mol. The van der Waals surface area contributed by atoms with Gasteiger partial charge in [0.05, 0.1) is 0 Å². The zero-order valence-electron chi connectivity index (χ0n) is 12.5. The van der Waals surface area contributed by atoms with Crippen LogP contribution in [0.25, 0.3) is 0 Å². The highest BCUT2D eigenvalue weighted by atomic mass is 31.2. The molecule has 0 aromatic carbocycles. The Hall–Kier alpha value is -1.44. The van der Waals surface area contributed by atoms with Crippen molar-refractivity contribution in [3.63, 3.8) is 0 Å². The van der Waals surface area contributed by atoms with E-state index in [4.69, 9.17) is 19.6 Å². The van der Waals surface area contributed by atoms with Crippen LogP contribution in [0.15, 0.2) is 0 Å². The number of hydrogen-bond acceptors (Lipinski definition) is 6. The van der Waals surface area contributed by atoms with Gasteiger partial charge in [-0.05, 0) is 0 Å². The number of carbonyl (C=O) groups excluding carboxylic acids is 2. The van der Waals surface area contributed by atoms with E-state index in [1.165, 1.54) is 0 Å². The SMILES string of the molecule is O=C(NCCNC(=O)OCC(F)(F)P(=O)(O)O)OCC(F)(F)P(=O)(O)O. The predicted octanol–water partition coefficient (Wildman–Crippen LogP) is -0.0202. The van der Waals surface area contributed by atoms with Crippen LogP contribution in [0.3, 0.4) is 0 Å². The van der Waals surface area contributed by atoms with E-state index >= 15 is 0 Å². The molecule has 0 heterocycles. The first-order valence-electron chi connectivity index (χ1n) is 6.18. The van der Waals surface area contributed by atoms with E-state index in [-0.39, 0.29) is 0 Å². The lowest BCUT2D eigenvalue weighted by atomic mass is 10.6. The first kappa shape index (κ1) is 24.6. The van der Waals surface area contributed by atoms with Crippen LogP contribution in [0, 0.1) is 0 Å². The maximum absolute atomic E-state index is 12.8. The molecule has 0 aromatic rings. The van der Waals surface area contributed by atoms with Gasteiger partial charge in [0, 0.05) is 13.1 Å². The third-order valence-electron chi connectivity index (χ3n) is 2.27. The summed E-state index contributed by atoms with van der Waals surface area (Å²) in [6.07, 6.45) is -3.05. The highest BCUT2D eigenvalue weighted by Crippen LogP contribution is 2.53. The van der Waals surface area contributed by atoms with E-state index in [1.54, 1.807) is 10.6 Å². The summed E-state index contributed by atoms with van der Waals surface area (Å²) in [5.74, 6) is 0. The molecule has 0 fully saturated rings. The number of alkyl carbamates (subject to hydrolysis) is 2. The Morgan fingerprint density at radius 1 is 0.769 bits per heavy atom. The normalized spacial score (nSPS) is 13.1. The second kappa shape index (κ2) is 8.97. The van der Waals surface area contributed by atoms with Crippen molar-refractivity contribution in [1.29, 1.82) is 0 Å². The number of hydrogen-bond donors (Lipinski definition) is 6. The number of rotatable bonds is 9. The molecule has 0 spiro atoms. The monoisotopic (exact) mass is 436 g/mol. The van der Waals surface area contributed by atoms with Gasteiger partial charge in [-0.25, -0.2) is 9.59 Å². The van der Waals surface area contributed by atoms with Crippen molar-refractivity contribution < 1.29 is 65.3 Å². The third-order valence-corrected chi connectivity index (χ3v) is 4.23. The molecule has 154 valence electrons. The smallest absolute Gasteiger partial charge is 0.407 e. The second-order valence-electron chi connectivity index (χ2n) is 4.43. The fourth-order valence-electron chi connectivity index (χ4n) is 0.904. The molecule has 0 aliphatic rings. The van der Waals surface area contributed by atoms with E-state index in [0.717, 1.165) is 0 Å². The summed E-state index contributed by atoms with van der Waals surface area (Å²) in [5.41, 5.74) is -9.20. The summed E-state index contributed by atoms with van der Waals surface area (Å²) in [7, 11) is -11.7. The van der Waals surface area contributed by atoms with Gasteiger partial charge < -0.3 is 39.7 Å². The van der Waals surface area contributed by atoms with Crippen molar-refractivity contribution >= 4 is 27.4 Å². The Morgan fingerprint density at radius 3 is 1.27 bits per heavy atom. The van der Waals surface area contributed by atoms with E-state index in [0.29, 0.717) is 0 Å². The number of amides is 2. The molecule has 0 rings (SSSR count). The molecule has 12 nitrogen and oxygen atoms in total. The van der Waals surface area contributed by atoms with Crippen LogP contribution >= 0.6 is 15.2 Å². The molecule has 0 saturated carbocycles.